The Hall–Kier alpha value is -2.31. The average Bonchev–Trinajstić information content (AvgIpc) is 3.34. The number of hydrogen-bond acceptors (Lipinski definition) is 7. The van der Waals surface area contributed by atoms with Crippen molar-refractivity contribution in [1.29, 1.82) is 5.26 Å². The van der Waals surface area contributed by atoms with Crippen molar-refractivity contribution < 1.29 is 29.0 Å². The Kier molecular flexibility index (Phi) is 4.46. The van der Waals surface area contributed by atoms with Gasteiger partial charge in [-0.25, -0.2) is 4.89 Å². The Morgan fingerprint density at radius 1 is 1.04 bits per heavy atom. The van der Waals surface area contributed by atoms with Crippen molar-refractivity contribution in [3.05, 3.63) is 71.3 Å². The highest BCUT2D eigenvalue weighted by Gasteiger charge is 2.46. The van der Waals surface area contributed by atoms with Gasteiger partial charge in [-0.05, 0) is 5.56 Å². The molecule has 2 aromatic carbocycles. The minimum absolute atomic E-state index is 0.0735. The fourth-order valence-corrected chi connectivity index (χ4v) is 2.78. The lowest BCUT2D eigenvalue weighted by atomic mass is 10.0. The molecule has 7 nitrogen and oxygen atoms in total. The van der Waals surface area contributed by atoms with E-state index in [2.05, 4.69) is 0 Å². The number of rotatable bonds is 4. The van der Waals surface area contributed by atoms with Gasteiger partial charge in [-0.3, -0.25) is 4.74 Å². The zero-order valence-electron chi connectivity index (χ0n) is 13.2. The van der Waals surface area contributed by atoms with Crippen LogP contribution in [-0.2, 0) is 41.2 Å². The first kappa shape index (κ1) is 16.2. The Labute approximate surface area is 144 Å². The second-order valence-corrected chi connectivity index (χ2v) is 5.55. The van der Waals surface area contributed by atoms with Gasteiger partial charge in [0, 0.05) is 17.5 Å². The lowest BCUT2D eigenvalue weighted by Crippen LogP contribution is -2.26. The predicted octanol–water partition coefficient (Wildman–Crippen LogP) is 2.84. The molecule has 0 saturated carbocycles. The fourth-order valence-electron chi connectivity index (χ4n) is 2.78. The first-order valence-corrected chi connectivity index (χ1v) is 7.77. The Bertz CT molecular complexity index is 771. The molecule has 2 heterocycles. The smallest absolute Gasteiger partial charge is 0.316 e. The maximum Gasteiger partial charge on any atom is 0.318 e. The van der Waals surface area contributed by atoms with Crippen LogP contribution in [0.1, 0.15) is 23.0 Å². The molecular weight excluding hydrogens is 326 g/mol. The van der Waals surface area contributed by atoms with E-state index in [1.165, 1.54) is 0 Å². The highest BCUT2D eigenvalue weighted by molar-refractivity contribution is 5.30. The molecule has 4 rings (SSSR count). The van der Waals surface area contributed by atoms with Crippen LogP contribution in [0.3, 0.4) is 0 Å². The maximum atomic E-state index is 9.54. The first-order valence-electron chi connectivity index (χ1n) is 7.77. The Morgan fingerprint density at radius 2 is 1.84 bits per heavy atom. The summed E-state index contributed by atoms with van der Waals surface area (Å²) >= 11 is 0. The molecule has 25 heavy (non-hydrogen) atoms. The fraction of sp³-hybridized carbons (Fsp3) is 0.278. The maximum absolute atomic E-state index is 9.54. The van der Waals surface area contributed by atoms with Crippen LogP contribution < -0.4 is 0 Å². The summed E-state index contributed by atoms with van der Waals surface area (Å²) in [5.74, 6) is -1.58. The third kappa shape index (κ3) is 3.15. The quantitative estimate of drug-likeness (QED) is 0.791. The summed E-state index contributed by atoms with van der Waals surface area (Å²) in [7, 11) is 0. The number of nitrogens with zero attached hydrogens (tertiary/aromatic N) is 1. The van der Waals surface area contributed by atoms with E-state index in [1.807, 2.05) is 36.4 Å². The van der Waals surface area contributed by atoms with Crippen molar-refractivity contribution in [1.82, 2.24) is 0 Å². The molecule has 0 radical (unpaired) electrons. The minimum Gasteiger partial charge on any atom is -0.316 e. The molecule has 0 amide bonds. The summed E-state index contributed by atoms with van der Waals surface area (Å²) in [6.07, 6.45) is -0.993. The van der Waals surface area contributed by atoms with Crippen molar-refractivity contribution in [2.75, 3.05) is 6.79 Å². The van der Waals surface area contributed by atoms with Gasteiger partial charge < -0.3 is 4.74 Å². The summed E-state index contributed by atoms with van der Waals surface area (Å²) in [5.41, 5.74) is 2.26. The van der Waals surface area contributed by atoms with Crippen molar-refractivity contribution >= 4 is 0 Å². The van der Waals surface area contributed by atoms with Crippen LogP contribution >= 0.6 is 0 Å². The van der Waals surface area contributed by atoms with Crippen LogP contribution in [0.2, 0.25) is 0 Å². The summed E-state index contributed by atoms with van der Waals surface area (Å²) in [4.78, 5) is 20.4. The van der Waals surface area contributed by atoms with E-state index >= 15 is 0 Å². The van der Waals surface area contributed by atoms with Crippen LogP contribution in [0.25, 0.3) is 0 Å². The van der Waals surface area contributed by atoms with E-state index in [0.29, 0.717) is 12.0 Å². The average molecular weight is 341 g/mol. The van der Waals surface area contributed by atoms with Crippen molar-refractivity contribution in [3.63, 3.8) is 0 Å². The minimum atomic E-state index is -1.58. The topological polar surface area (TPSA) is 79.2 Å². The Balaban J connectivity index is 1.53. The molecule has 2 aliphatic heterocycles. The van der Waals surface area contributed by atoms with Crippen molar-refractivity contribution in [2.45, 2.75) is 24.8 Å². The zero-order chi connectivity index (χ0) is 17.1. The van der Waals surface area contributed by atoms with E-state index in [-0.39, 0.29) is 6.79 Å². The number of hydrogen-bond donors (Lipinski definition) is 0. The molecule has 0 bridgehead atoms. The Morgan fingerprint density at radius 3 is 2.60 bits per heavy atom. The van der Waals surface area contributed by atoms with Crippen LogP contribution in [0, 0.1) is 11.3 Å². The molecule has 128 valence electrons. The van der Waals surface area contributed by atoms with Crippen LogP contribution in [0.5, 0.6) is 0 Å². The highest BCUT2D eigenvalue weighted by atomic mass is 17.3. The zero-order valence-corrected chi connectivity index (χ0v) is 13.2. The standard InChI is InChI=1S/C18H15NO6/c19-11-18(14-7-2-1-3-8-14)22-16(23-25-18)10-13-6-4-5-9-15(13)17-20-12-21-24-17/h1-9,16-17H,10,12H2. The lowest BCUT2D eigenvalue weighted by molar-refractivity contribution is -0.319. The number of ether oxygens (including phenoxy) is 2. The number of benzene rings is 2. The van der Waals surface area contributed by atoms with E-state index in [0.717, 1.165) is 11.1 Å². The largest absolute Gasteiger partial charge is 0.318 e. The molecule has 3 unspecified atom stereocenters. The summed E-state index contributed by atoms with van der Waals surface area (Å²) in [6, 6.07) is 18.5. The highest BCUT2D eigenvalue weighted by Crippen LogP contribution is 2.36. The van der Waals surface area contributed by atoms with E-state index in [1.54, 1.807) is 24.3 Å². The second-order valence-electron chi connectivity index (χ2n) is 5.55. The molecule has 2 aromatic rings. The van der Waals surface area contributed by atoms with Gasteiger partial charge in [0.15, 0.2) is 13.1 Å². The third-order valence-electron chi connectivity index (χ3n) is 3.99. The monoisotopic (exact) mass is 341 g/mol. The number of nitriles is 1. The van der Waals surface area contributed by atoms with E-state index < -0.39 is 18.4 Å². The molecule has 2 aliphatic rings. The summed E-state index contributed by atoms with van der Waals surface area (Å²) in [5, 5.41) is 9.54. The SMILES string of the molecule is N#CC1(c2ccccc2)OOC(Cc2ccccc2C2OCOO2)O1. The van der Waals surface area contributed by atoms with Gasteiger partial charge in [0.25, 0.3) is 0 Å². The lowest BCUT2D eigenvalue weighted by Gasteiger charge is -2.17. The molecule has 0 spiro atoms. The van der Waals surface area contributed by atoms with Crippen LogP contribution in [0.15, 0.2) is 54.6 Å². The molecule has 0 aliphatic carbocycles. The van der Waals surface area contributed by atoms with Crippen molar-refractivity contribution in [2.24, 2.45) is 0 Å². The van der Waals surface area contributed by atoms with Gasteiger partial charge >= 0.3 is 5.79 Å². The van der Waals surface area contributed by atoms with Crippen LogP contribution in [0.4, 0.5) is 0 Å². The molecular formula is C18H15NO6. The van der Waals surface area contributed by atoms with E-state index in [9.17, 15) is 5.26 Å². The van der Waals surface area contributed by atoms with Gasteiger partial charge in [0.2, 0.25) is 6.29 Å². The predicted molar refractivity (Wildman–Crippen MR) is 81.8 cm³/mol. The summed E-state index contributed by atoms with van der Waals surface area (Å²) < 4.78 is 11.2. The third-order valence-corrected chi connectivity index (χ3v) is 3.99. The normalized spacial score (nSPS) is 28.8. The molecule has 0 aromatic heterocycles. The second kappa shape index (κ2) is 6.90. The van der Waals surface area contributed by atoms with E-state index in [4.69, 9.17) is 29.0 Å². The van der Waals surface area contributed by atoms with Gasteiger partial charge in [-0.15, -0.1) is 0 Å². The first-order chi connectivity index (χ1) is 12.3. The van der Waals surface area contributed by atoms with Crippen molar-refractivity contribution in [3.8, 4) is 6.07 Å². The van der Waals surface area contributed by atoms with Gasteiger partial charge in [0.05, 0.1) is 0 Å². The molecule has 3 atom stereocenters. The molecule has 2 saturated heterocycles. The molecule has 0 N–H and O–H groups in total. The van der Waals surface area contributed by atoms with Crippen LogP contribution in [-0.4, -0.2) is 13.1 Å². The summed E-state index contributed by atoms with van der Waals surface area (Å²) in [6.45, 7) is 0.0735. The van der Waals surface area contributed by atoms with Gasteiger partial charge in [-0.2, -0.15) is 19.9 Å². The van der Waals surface area contributed by atoms with Gasteiger partial charge in [-0.1, -0.05) is 54.6 Å². The molecule has 2 fully saturated rings. The molecule has 7 heteroatoms. The van der Waals surface area contributed by atoms with Gasteiger partial charge in [0.1, 0.15) is 6.07 Å².